The fourth-order valence-corrected chi connectivity index (χ4v) is 1.09. The van der Waals surface area contributed by atoms with Crippen LogP contribution in [0.2, 0.25) is 0 Å². The lowest BCUT2D eigenvalue weighted by Crippen LogP contribution is -2.27. The Bertz CT molecular complexity index is 403. The number of amides is 1. The van der Waals surface area contributed by atoms with E-state index in [2.05, 4.69) is 15.5 Å². The predicted octanol–water partition coefficient (Wildman–Crippen LogP) is -0.448. The molecule has 1 aromatic heterocycles. The molecule has 0 bridgehead atoms. The zero-order valence-electron chi connectivity index (χ0n) is 9.38. The van der Waals surface area contributed by atoms with Crippen LogP contribution < -0.4 is 11.1 Å². The van der Waals surface area contributed by atoms with Crippen LogP contribution in [0, 0.1) is 0 Å². The molecule has 0 aliphatic heterocycles. The van der Waals surface area contributed by atoms with Gasteiger partial charge in [-0.1, -0.05) is 5.16 Å². The number of nitrogens with two attached hydrogens (primary N) is 1. The minimum absolute atomic E-state index is 0.0520. The minimum Gasteiger partial charge on any atom is -0.409 e. The van der Waals surface area contributed by atoms with E-state index in [0.29, 0.717) is 18.7 Å². The fraction of sp³-hybridized carbons (Fsp3) is 0.300. The molecule has 0 saturated heterocycles. The zero-order valence-corrected chi connectivity index (χ0v) is 9.38. The van der Waals surface area contributed by atoms with Crippen LogP contribution >= 0.6 is 0 Å². The normalized spacial score (nSPS) is 11.2. The Kier molecular flexibility index (Phi) is 4.89. The average molecular weight is 238 g/mol. The molecule has 1 amide bonds. The summed E-state index contributed by atoms with van der Waals surface area (Å²) in [5.74, 6) is -0.350. The van der Waals surface area contributed by atoms with Crippen LogP contribution in [0.3, 0.4) is 0 Å². The topological polar surface area (TPSA) is 110 Å². The maximum absolute atomic E-state index is 11.5. The lowest BCUT2D eigenvalue weighted by molar-refractivity contribution is 0.0932. The van der Waals surface area contributed by atoms with Crippen molar-refractivity contribution in [1.29, 1.82) is 0 Å². The van der Waals surface area contributed by atoms with Crippen LogP contribution in [0.1, 0.15) is 16.1 Å². The Morgan fingerprint density at radius 3 is 2.94 bits per heavy atom. The van der Waals surface area contributed by atoms with Gasteiger partial charge in [-0.2, -0.15) is 0 Å². The van der Waals surface area contributed by atoms with Gasteiger partial charge in [0.25, 0.3) is 5.91 Å². The smallest absolute Gasteiger partial charge is 0.269 e. The second-order valence-electron chi connectivity index (χ2n) is 3.17. The van der Waals surface area contributed by atoms with Crippen molar-refractivity contribution in [3.63, 3.8) is 0 Å². The third-order valence-corrected chi connectivity index (χ3v) is 1.99. The van der Waals surface area contributed by atoms with Crippen molar-refractivity contribution in [2.45, 2.75) is 0 Å². The van der Waals surface area contributed by atoms with Crippen molar-refractivity contribution in [3.05, 3.63) is 29.6 Å². The van der Waals surface area contributed by atoms with Crippen molar-refractivity contribution in [1.82, 2.24) is 10.3 Å². The third-order valence-electron chi connectivity index (χ3n) is 1.99. The number of nitrogens with zero attached hydrogens (tertiary/aromatic N) is 2. The number of pyridine rings is 1. The molecule has 0 radical (unpaired) electrons. The summed E-state index contributed by atoms with van der Waals surface area (Å²) in [7, 11) is 1.55. The molecule has 0 aromatic carbocycles. The monoisotopic (exact) mass is 238 g/mol. The summed E-state index contributed by atoms with van der Waals surface area (Å²) in [6.45, 7) is 0.854. The Morgan fingerprint density at radius 1 is 1.65 bits per heavy atom. The van der Waals surface area contributed by atoms with E-state index in [4.69, 9.17) is 15.7 Å². The van der Waals surface area contributed by atoms with E-state index in [9.17, 15) is 4.79 Å². The van der Waals surface area contributed by atoms with Crippen LogP contribution in [-0.4, -0.2) is 42.2 Å². The van der Waals surface area contributed by atoms with Crippen LogP contribution in [-0.2, 0) is 4.74 Å². The Morgan fingerprint density at radius 2 is 2.41 bits per heavy atom. The summed E-state index contributed by atoms with van der Waals surface area (Å²) in [5.41, 5.74) is 6.07. The molecule has 1 aromatic rings. The first-order chi connectivity index (χ1) is 8.19. The van der Waals surface area contributed by atoms with E-state index < -0.39 is 0 Å². The highest BCUT2D eigenvalue weighted by atomic mass is 16.5. The Labute approximate surface area is 98.3 Å². The molecular formula is C10H14N4O3. The number of oxime groups is 1. The van der Waals surface area contributed by atoms with Crippen LogP contribution in [0.15, 0.2) is 23.5 Å². The maximum atomic E-state index is 11.5. The molecule has 1 rings (SSSR count). The number of amidine groups is 1. The average Bonchev–Trinajstić information content (AvgIpc) is 2.38. The highest BCUT2D eigenvalue weighted by Crippen LogP contribution is 2.00. The number of carbonyl (C=O) groups is 1. The molecule has 0 saturated carbocycles. The van der Waals surface area contributed by atoms with E-state index in [1.54, 1.807) is 13.2 Å². The Balaban J connectivity index is 2.64. The van der Waals surface area contributed by atoms with Crippen LogP contribution in [0.25, 0.3) is 0 Å². The van der Waals surface area contributed by atoms with Gasteiger partial charge in [-0.05, 0) is 12.1 Å². The molecule has 0 atom stereocenters. The number of aromatic nitrogens is 1. The first-order valence-electron chi connectivity index (χ1n) is 4.90. The minimum atomic E-state index is -0.298. The van der Waals surface area contributed by atoms with Crippen molar-refractivity contribution >= 4 is 11.7 Å². The highest BCUT2D eigenvalue weighted by Gasteiger charge is 2.07. The summed E-state index contributed by atoms with van der Waals surface area (Å²) < 4.78 is 4.80. The molecular weight excluding hydrogens is 224 g/mol. The first-order valence-corrected chi connectivity index (χ1v) is 4.90. The molecule has 7 nitrogen and oxygen atoms in total. The lowest BCUT2D eigenvalue weighted by atomic mass is 10.2. The number of nitrogens with one attached hydrogen (secondary N) is 1. The maximum Gasteiger partial charge on any atom is 0.269 e. The van der Waals surface area contributed by atoms with E-state index >= 15 is 0 Å². The van der Waals surface area contributed by atoms with Crippen molar-refractivity contribution in [2.24, 2.45) is 10.9 Å². The molecule has 17 heavy (non-hydrogen) atoms. The van der Waals surface area contributed by atoms with Crippen molar-refractivity contribution in [2.75, 3.05) is 20.3 Å². The number of hydrogen-bond donors (Lipinski definition) is 3. The summed E-state index contributed by atoms with van der Waals surface area (Å²) in [6.07, 6.45) is 1.36. The fourth-order valence-electron chi connectivity index (χ4n) is 1.09. The van der Waals surface area contributed by atoms with Gasteiger partial charge in [0, 0.05) is 25.4 Å². The summed E-state index contributed by atoms with van der Waals surface area (Å²) >= 11 is 0. The second kappa shape index (κ2) is 6.44. The van der Waals surface area contributed by atoms with Gasteiger partial charge in [-0.3, -0.25) is 9.78 Å². The molecule has 0 spiro atoms. The molecule has 7 heteroatoms. The van der Waals surface area contributed by atoms with Gasteiger partial charge in [0.1, 0.15) is 5.69 Å². The number of rotatable bonds is 5. The molecule has 92 valence electrons. The van der Waals surface area contributed by atoms with Crippen molar-refractivity contribution in [3.8, 4) is 0 Å². The van der Waals surface area contributed by atoms with E-state index in [1.807, 2.05) is 0 Å². The van der Waals surface area contributed by atoms with Gasteiger partial charge in [0.05, 0.1) is 6.61 Å². The SMILES string of the molecule is COCCNC(=O)c1ccc(C(N)=NO)cn1. The van der Waals surface area contributed by atoms with Gasteiger partial charge in [0.15, 0.2) is 5.84 Å². The summed E-state index contributed by atoms with van der Waals surface area (Å²) in [4.78, 5) is 15.4. The van der Waals surface area contributed by atoms with E-state index in [0.717, 1.165) is 0 Å². The summed E-state index contributed by atoms with van der Waals surface area (Å²) in [6, 6.07) is 3.04. The molecule has 0 unspecified atom stereocenters. The van der Waals surface area contributed by atoms with Gasteiger partial charge >= 0.3 is 0 Å². The standard InChI is InChI=1S/C10H14N4O3/c1-17-5-4-12-10(15)8-3-2-7(6-13-8)9(11)14-16/h2-3,6,16H,4-5H2,1H3,(H2,11,14)(H,12,15). The largest absolute Gasteiger partial charge is 0.409 e. The van der Waals surface area contributed by atoms with Crippen molar-refractivity contribution < 1.29 is 14.7 Å². The van der Waals surface area contributed by atoms with Gasteiger partial charge in [0.2, 0.25) is 0 Å². The van der Waals surface area contributed by atoms with Crippen LogP contribution in [0.4, 0.5) is 0 Å². The number of carbonyl (C=O) groups excluding carboxylic acids is 1. The molecule has 1 heterocycles. The predicted molar refractivity (Wildman–Crippen MR) is 61.0 cm³/mol. The lowest BCUT2D eigenvalue weighted by Gasteiger charge is -2.04. The Hall–Kier alpha value is -2.15. The highest BCUT2D eigenvalue weighted by molar-refractivity contribution is 5.98. The van der Waals surface area contributed by atoms with Gasteiger partial charge in [-0.25, -0.2) is 0 Å². The number of hydrogen-bond acceptors (Lipinski definition) is 5. The third kappa shape index (κ3) is 3.72. The van der Waals surface area contributed by atoms with E-state index in [-0.39, 0.29) is 17.4 Å². The zero-order chi connectivity index (χ0) is 12.7. The second-order valence-corrected chi connectivity index (χ2v) is 3.17. The molecule has 0 aliphatic rings. The summed E-state index contributed by atoms with van der Waals surface area (Å²) in [5, 5.41) is 13.9. The molecule has 4 N–H and O–H groups in total. The van der Waals surface area contributed by atoms with Gasteiger partial charge < -0.3 is 21.0 Å². The van der Waals surface area contributed by atoms with Crippen LogP contribution in [0.5, 0.6) is 0 Å². The number of methoxy groups -OCH3 is 1. The first kappa shape index (κ1) is 12.9. The number of ether oxygens (including phenoxy) is 1. The van der Waals surface area contributed by atoms with Gasteiger partial charge in [-0.15, -0.1) is 0 Å². The molecule has 0 aliphatic carbocycles. The van der Waals surface area contributed by atoms with E-state index in [1.165, 1.54) is 12.3 Å². The molecule has 0 fully saturated rings. The quantitative estimate of drug-likeness (QED) is 0.212.